The average molecular weight is 288 g/mol. The van der Waals surface area contributed by atoms with Gasteiger partial charge in [0.2, 0.25) is 0 Å². The largest absolute Gasteiger partial charge is 0.319 e. The number of halogens is 1. The minimum atomic E-state index is 0.706. The summed E-state index contributed by atoms with van der Waals surface area (Å²) in [5.74, 6) is 1.50. The Morgan fingerprint density at radius 2 is 2.10 bits per heavy atom. The van der Waals surface area contributed by atoms with Gasteiger partial charge in [0.25, 0.3) is 0 Å². The number of aromatic nitrogens is 2. The number of nitrogens with zero attached hydrogens (tertiary/aromatic N) is 2. The predicted molar refractivity (Wildman–Crippen MR) is 81.9 cm³/mol. The summed E-state index contributed by atoms with van der Waals surface area (Å²) in [4.78, 5) is 9.25. The van der Waals surface area contributed by atoms with Gasteiger partial charge in [0.1, 0.15) is 0 Å². The molecule has 2 aromatic rings. The van der Waals surface area contributed by atoms with Gasteiger partial charge in [-0.05, 0) is 68.6 Å². The summed E-state index contributed by atoms with van der Waals surface area (Å²) < 4.78 is 0. The van der Waals surface area contributed by atoms with Gasteiger partial charge in [-0.2, -0.15) is 0 Å². The van der Waals surface area contributed by atoms with Crippen LogP contribution in [0.15, 0.2) is 30.5 Å². The van der Waals surface area contributed by atoms with Crippen molar-refractivity contribution < 1.29 is 0 Å². The summed E-state index contributed by atoms with van der Waals surface area (Å²) in [6.07, 6.45) is 5.32. The highest BCUT2D eigenvalue weighted by Gasteiger charge is 2.20. The fourth-order valence-electron chi connectivity index (χ4n) is 2.78. The monoisotopic (exact) mass is 287 g/mol. The summed E-state index contributed by atoms with van der Waals surface area (Å²) in [6, 6.07) is 7.69. The molecule has 1 N–H and O–H groups in total. The summed E-state index contributed by atoms with van der Waals surface area (Å²) in [5.41, 5.74) is 3.53. The molecule has 1 heterocycles. The van der Waals surface area contributed by atoms with Crippen molar-refractivity contribution >= 4 is 11.6 Å². The molecule has 4 heteroatoms. The van der Waals surface area contributed by atoms with Crippen molar-refractivity contribution in [2.24, 2.45) is 5.92 Å². The molecule has 0 saturated carbocycles. The van der Waals surface area contributed by atoms with Gasteiger partial charge in [-0.3, -0.25) is 0 Å². The second kappa shape index (κ2) is 5.90. The standard InChI is InChI=1S/C16H18ClN3/c1-18-9-11-2-7-15-13(8-11)10-19-16(20-15)12-3-5-14(17)6-4-12/h3-6,10-11,18H,2,7-9H2,1H3. The maximum Gasteiger partial charge on any atom is 0.159 e. The number of aryl methyl sites for hydroxylation is 1. The zero-order valence-corrected chi connectivity index (χ0v) is 12.3. The zero-order chi connectivity index (χ0) is 13.9. The predicted octanol–water partition coefficient (Wildman–Crippen LogP) is 3.12. The van der Waals surface area contributed by atoms with Crippen LogP contribution in [-0.2, 0) is 12.8 Å². The van der Waals surface area contributed by atoms with Crippen molar-refractivity contribution in [2.45, 2.75) is 19.3 Å². The Morgan fingerprint density at radius 3 is 2.85 bits per heavy atom. The van der Waals surface area contributed by atoms with Crippen molar-refractivity contribution in [3.05, 3.63) is 46.7 Å². The highest BCUT2D eigenvalue weighted by Crippen LogP contribution is 2.26. The van der Waals surface area contributed by atoms with Crippen molar-refractivity contribution in [2.75, 3.05) is 13.6 Å². The summed E-state index contributed by atoms with van der Waals surface area (Å²) in [5, 5.41) is 4.00. The number of rotatable bonds is 3. The molecule has 3 nitrogen and oxygen atoms in total. The fraction of sp³-hybridized carbons (Fsp3) is 0.375. The molecule has 1 aromatic carbocycles. The maximum atomic E-state index is 5.91. The highest BCUT2D eigenvalue weighted by atomic mass is 35.5. The van der Waals surface area contributed by atoms with Crippen LogP contribution in [0, 0.1) is 5.92 Å². The van der Waals surface area contributed by atoms with Crippen LogP contribution >= 0.6 is 11.6 Å². The fourth-order valence-corrected chi connectivity index (χ4v) is 2.91. The molecular formula is C16H18ClN3. The normalized spacial score (nSPS) is 17.8. The molecule has 0 spiro atoms. The Morgan fingerprint density at radius 1 is 1.30 bits per heavy atom. The Bertz CT molecular complexity index is 595. The van der Waals surface area contributed by atoms with E-state index >= 15 is 0 Å². The first kappa shape index (κ1) is 13.5. The Kier molecular flexibility index (Phi) is 3.99. The molecule has 1 unspecified atom stereocenters. The van der Waals surface area contributed by atoms with E-state index in [1.807, 2.05) is 37.5 Å². The number of nitrogens with one attached hydrogen (secondary N) is 1. The Hall–Kier alpha value is -1.45. The number of benzene rings is 1. The number of hydrogen-bond acceptors (Lipinski definition) is 3. The lowest BCUT2D eigenvalue weighted by molar-refractivity contribution is 0.434. The summed E-state index contributed by atoms with van der Waals surface area (Å²) in [7, 11) is 2.01. The maximum absolute atomic E-state index is 5.91. The zero-order valence-electron chi connectivity index (χ0n) is 11.6. The van der Waals surface area contributed by atoms with E-state index in [0.29, 0.717) is 5.92 Å². The molecule has 1 aromatic heterocycles. The van der Waals surface area contributed by atoms with E-state index in [9.17, 15) is 0 Å². The van der Waals surface area contributed by atoms with Crippen LogP contribution in [0.2, 0.25) is 5.02 Å². The lowest BCUT2D eigenvalue weighted by Crippen LogP contribution is -2.25. The molecule has 1 atom stereocenters. The SMILES string of the molecule is CNCC1CCc2nc(-c3ccc(Cl)cc3)ncc2C1. The molecule has 0 amide bonds. The first-order chi connectivity index (χ1) is 9.76. The second-order valence-electron chi connectivity index (χ2n) is 5.34. The number of fused-ring (bicyclic) bond motifs is 1. The third kappa shape index (κ3) is 2.84. The van der Waals surface area contributed by atoms with Crippen LogP contribution in [0.1, 0.15) is 17.7 Å². The van der Waals surface area contributed by atoms with Crippen LogP contribution < -0.4 is 5.32 Å². The lowest BCUT2D eigenvalue weighted by atomic mass is 9.87. The van der Waals surface area contributed by atoms with E-state index in [-0.39, 0.29) is 0 Å². The van der Waals surface area contributed by atoms with E-state index in [1.165, 1.54) is 17.7 Å². The Balaban J connectivity index is 1.85. The van der Waals surface area contributed by atoms with Gasteiger partial charge in [0.15, 0.2) is 5.82 Å². The molecule has 20 heavy (non-hydrogen) atoms. The van der Waals surface area contributed by atoms with Crippen molar-refractivity contribution in [3.63, 3.8) is 0 Å². The van der Waals surface area contributed by atoms with E-state index in [4.69, 9.17) is 16.6 Å². The number of hydrogen-bond donors (Lipinski definition) is 1. The average Bonchev–Trinajstić information content (AvgIpc) is 2.48. The van der Waals surface area contributed by atoms with Gasteiger partial charge in [0, 0.05) is 22.5 Å². The van der Waals surface area contributed by atoms with E-state index < -0.39 is 0 Å². The molecule has 0 saturated heterocycles. The molecule has 0 aliphatic heterocycles. The smallest absolute Gasteiger partial charge is 0.159 e. The molecular weight excluding hydrogens is 270 g/mol. The lowest BCUT2D eigenvalue weighted by Gasteiger charge is -2.23. The minimum Gasteiger partial charge on any atom is -0.319 e. The third-order valence-electron chi connectivity index (χ3n) is 3.85. The molecule has 104 valence electrons. The van der Waals surface area contributed by atoms with Gasteiger partial charge in [-0.1, -0.05) is 11.6 Å². The molecule has 0 radical (unpaired) electrons. The van der Waals surface area contributed by atoms with Crippen LogP contribution in [0.25, 0.3) is 11.4 Å². The van der Waals surface area contributed by atoms with Gasteiger partial charge in [-0.15, -0.1) is 0 Å². The van der Waals surface area contributed by atoms with E-state index in [2.05, 4.69) is 10.3 Å². The Labute approximate surface area is 124 Å². The minimum absolute atomic E-state index is 0.706. The van der Waals surface area contributed by atoms with Crippen molar-refractivity contribution in [3.8, 4) is 11.4 Å². The second-order valence-corrected chi connectivity index (χ2v) is 5.78. The first-order valence-corrected chi connectivity index (χ1v) is 7.39. The van der Waals surface area contributed by atoms with E-state index in [1.54, 1.807) is 0 Å². The van der Waals surface area contributed by atoms with Crippen LogP contribution in [0.5, 0.6) is 0 Å². The van der Waals surface area contributed by atoms with Crippen LogP contribution in [0.4, 0.5) is 0 Å². The van der Waals surface area contributed by atoms with Crippen molar-refractivity contribution in [1.29, 1.82) is 0 Å². The van der Waals surface area contributed by atoms with Gasteiger partial charge >= 0.3 is 0 Å². The molecule has 0 bridgehead atoms. The summed E-state index contributed by atoms with van der Waals surface area (Å²) >= 11 is 5.91. The molecule has 3 rings (SSSR count). The molecule has 1 aliphatic carbocycles. The van der Waals surface area contributed by atoms with E-state index in [0.717, 1.165) is 35.8 Å². The topological polar surface area (TPSA) is 37.8 Å². The van der Waals surface area contributed by atoms with Crippen molar-refractivity contribution in [1.82, 2.24) is 15.3 Å². The first-order valence-electron chi connectivity index (χ1n) is 7.01. The van der Waals surface area contributed by atoms with Gasteiger partial charge in [0.05, 0.1) is 0 Å². The van der Waals surface area contributed by atoms with Gasteiger partial charge < -0.3 is 5.32 Å². The summed E-state index contributed by atoms with van der Waals surface area (Å²) in [6.45, 7) is 1.07. The highest BCUT2D eigenvalue weighted by molar-refractivity contribution is 6.30. The third-order valence-corrected chi connectivity index (χ3v) is 4.10. The van der Waals surface area contributed by atoms with Crippen LogP contribution in [-0.4, -0.2) is 23.6 Å². The quantitative estimate of drug-likeness (QED) is 0.942. The molecule has 0 fully saturated rings. The molecule has 1 aliphatic rings. The van der Waals surface area contributed by atoms with Gasteiger partial charge in [-0.25, -0.2) is 9.97 Å². The van der Waals surface area contributed by atoms with Crippen LogP contribution in [0.3, 0.4) is 0 Å².